The van der Waals surface area contributed by atoms with Gasteiger partial charge in [0, 0.05) is 31.4 Å². The number of hydrogen-bond acceptors (Lipinski definition) is 3. The maximum atomic E-state index is 14.3. The molecule has 3 nitrogen and oxygen atoms in total. The Morgan fingerprint density at radius 1 is 1.50 bits per heavy atom. The fraction of sp³-hybridized carbons (Fsp3) is 0.643. The molecular formula is C14H22FN3. The number of halogens is 1. The van der Waals surface area contributed by atoms with Crippen molar-refractivity contribution in [1.29, 1.82) is 0 Å². The third-order valence-electron chi connectivity index (χ3n) is 3.65. The Morgan fingerprint density at radius 3 is 2.89 bits per heavy atom. The van der Waals surface area contributed by atoms with Gasteiger partial charge >= 0.3 is 0 Å². The summed E-state index contributed by atoms with van der Waals surface area (Å²) in [5.74, 6) is 0.325. The van der Waals surface area contributed by atoms with Crippen LogP contribution in [-0.2, 0) is 6.54 Å². The van der Waals surface area contributed by atoms with Crippen LogP contribution in [0.3, 0.4) is 0 Å². The summed E-state index contributed by atoms with van der Waals surface area (Å²) in [7, 11) is 1.94. The Labute approximate surface area is 108 Å². The average molecular weight is 251 g/mol. The van der Waals surface area contributed by atoms with Crippen molar-refractivity contribution in [3.05, 3.63) is 23.6 Å². The maximum Gasteiger partial charge on any atom is 0.170 e. The highest BCUT2D eigenvalue weighted by Crippen LogP contribution is 2.29. The molecule has 100 valence electrons. The number of nitrogens with zero attached hydrogens (tertiary/aromatic N) is 2. The van der Waals surface area contributed by atoms with Gasteiger partial charge in [0.25, 0.3) is 0 Å². The Balaban J connectivity index is 2.08. The molecule has 0 bridgehead atoms. The van der Waals surface area contributed by atoms with Crippen molar-refractivity contribution >= 4 is 5.82 Å². The molecule has 0 radical (unpaired) electrons. The van der Waals surface area contributed by atoms with Gasteiger partial charge in [-0.25, -0.2) is 9.37 Å². The zero-order chi connectivity index (χ0) is 13.0. The monoisotopic (exact) mass is 251 g/mol. The predicted molar refractivity (Wildman–Crippen MR) is 72.2 cm³/mol. The molecule has 4 heteroatoms. The smallest absolute Gasteiger partial charge is 0.170 e. The third-order valence-corrected chi connectivity index (χ3v) is 3.65. The van der Waals surface area contributed by atoms with Gasteiger partial charge in [-0.2, -0.15) is 0 Å². The second-order valence-corrected chi connectivity index (χ2v) is 4.98. The van der Waals surface area contributed by atoms with Crippen LogP contribution in [0.2, 0.25) is 0 Å². The lowest BCUT2D eigenvalue weighted by atomic mass is 9.92. The first-order chi connectivity index (χ1) is 8.74. The van der Waals surface area contributed by atoms with Crippen LogP contribution in [0.15, 0.2) is 12.3 Å². The number of aromatic nitrogens is 1. The minimum atomic E-state index is -0.171. The van der Waals surface area contributed by atoms with E-state index < -0.39 is 0 Å². The zero-order valence-corrected chi connectivity index (χ0v) is 11.2. The Kier molecular flexibility index (Phi) is 4.53. The summed E-state index contributed by atoms with van der Waals surface area (Å²) >= 11 is 0. The quantitative estimate of drug-likeness (QED) is 0.788. The fourth-order valence-electron chi connectivity index (χ4n) is 2.20. The minimum Gasteiger partial charge on any atom is -0.354 e. The van der Waals surface area contributed by atoms with Crippen molar-refractivity contribution < 1.29 is 4.39 Å². The minimum absolute atomic E-state index is 0.171. The molecule has 1 aliphatic carbocycles. The largest absolute Gasteiger partial charge is 0.354 e. The van der Waals surface area contributed by atoms with E-state index in [-0.39, 0.29) is 5.82 Å². The molecule has 1 aromatic heterocycles. The van der Waals surface area contributed by atoms with Gasteiger partial charge in [-0.3, -0.25) is 0 Å². The van der Waals surface area contributed by atoms with Gasteiger partial charge in [-0.05, 0) is 38.3 Å². The van der Waals surface area contributed by atoms with E-state index >= 15 is 0 Å². The average Bonchev–Trinajstić information content (AvgIpc) is 2.29. The summed E-state index contributed by atoms with van der Waals surface area (Å²) < 4.78 is 14.3. The molecule has 0 atom stereocenters. The van der Waals surface area contributed by atoms with Crippen molar-refractivity contribution in [2.24, 2.45) is 0 Å². The van der Waals surface area contributed by atoms with Crippen molar-refractivity contribution in [2.75, 3.05) is 18.5 Å². The van der Waals surface area contributed by atoms with Gasteiger partial charge in [-0.1, -0.05) is 6.92 Å². The summed E-state index contributed by atoms with van der Waals surface area (Å²) in [5, 5.41) is 3.23. The van der Waals surface area contributed by atoms with Crippen LogP contribution in [0.1, 0.15) is 38.2 Å². The van der Waals surface area contributed by atoms with E-state index in [0.29, 0.717) is 24.0 Å². The molecule has 18 heavy (non-hydrogen) atoms. The molecule has 1 heterocycles. The number of anilines is 1. The fourth-order valence-corrected chi connectivity index (χ4v) is 2.20. The number of hydrogen-bond donors (Lipinski definition) is 1. The van der Waals surface area contributed by atoms with E-state index in [2.05, 4.69) is 17.2 Å². The van der Waals surface area contributed by atoms with E-state index in [4.69, 9.17) is 0 Å². The number of pyridine rings is 1. The topological polar surface area (TPSA) is 28.2 Å². The summed E-state index contributed by atoms with van der Waals surface area (Å²) in [6.07, 6.45) is 6.30. The molecule has 0 unspecified atom stereocenters. The summed E-state index contributed by atoms with van der Waals surface area (Å²) in [6.45, 7) is 3.59. The normalized spacial score (nSPS) is 15.5. The van der Waals surface area contributed by atoms with Crippen LogP contribution in [0, 0.1) is 5.82 Å². The zero-order valence-electron chi connectivity index (χ0n) is 11.2. The molecule has 1 N–H and O–H groups in total. The van der Waals surface area contributed by atoms with Crippen LogP contribution < -0.4 is 10.2 Å². The van der Waals surface area contributed by atoms with Crippen LogP contribution in [0.5, 0.6) is 0 Å². The van der Waals surface area contributed by atoms with Crippen molar-refractivity contribution in [2.45, 2.75) is 45.2 Å². The molecule has 0 aliphatic heterocycles. The van der Waals surface area contributed by atoms with Gasteiger partial charge in [0.1, 0.15) is 0 Å². The molecule has 2 rings (SSSR count). The first-order valence-corrected chi connectivity index (χ1v) is 6.81. The molecule has 1 aromatic rings. The van der Waals surface area contributed by atoms with Gasteiger partial charge in [0.15, 0.2) is 11.6 Å². The second kappa shape index (κ2) is 6.14. The predicted octanol–water partition coefficient (Wildman–Crippen LogP) is 2.71. The number of rotatable bonds is 6. The summed E-state index contributed by atoms with van der Waals surface area (Å²) in [4.78, 5) is 6.18. The highest BCUT2D eigenvalue weighted by Gasteiger charge is 2.25. The number of nitrogens with one attached hydrogen (secondary N) is 1. The van der Waals surface area contributed by atoms with Gasteiger partial charge < -0.3 is 10.2 Å². The lowest BCUT2D eigenvalue weighted by Gasteiger charge is -2.35. The Hall–Kier alpha value is -1.16. The van der Waals surface area contributed by atoms with Gasteiger partial charge in [0.05, 0.1) is 0 Å². The van der Waals surface area contributed by atoms with Crippen LogP contribution in [0.4, 0.5) is 10.2 Å². The highest BCUT2D eigenvalue weighted by molar-refractivity contribution is 5.43. The molecule has 1 saturated carbocycles. The van der Waals surface area contributed by atoms with E-state index in [9.17, 15) is 4.39 Å². The van der Waals surface area contributed by atoms with Gasteiger partial charge in [0.2, 0.25) is 0 Å². The van der Waals surface area contributed by atoms with Crippen LogP contribution >= 0.6 is 0 Å². The van der Waals surface area contributed by atoms with Crippen LogP contribution in [0.25, 0.3) is 0 Å². The van der Waals surface area contributed by atoms with E-state index in [1.165, 1.54) is 6.42 Å². The molecule has 0 aromatic carbocycles. The first-order valence-electron chi connectivity index (χ1n) is 6.81. The first kappa shape index (κ1) is 13.3. The van der Waals surface area contributed by atoms with E-state index in [1.807, 2.05) is 11.9 Å². The lowest BCUT2D eigenvalue weighted by molar-refractivity contribution is 0.395. The van der Waals surface area contributed by atoms with Crippen molar-refractivity contribution in [3.8, 4) is 0 Å². The molecule has 0 amide bonds. The molecule has 1 aliphatic rings. The molecule has 1 fully saturated rings. The summed E-state index contributed by atoms with van der Waals surface area (Å²) in [5.41, 5.74) is 0.708. The van der Waals surface area contributed by atoms with Crippen molar-refractivity contribution in [3.63, 3.8) is 0 Å². The third kappa shape index (κ3) is 2.80. The van der Waals surface area contributed by atoms with E-state index in [0.717, 1.165) is 25.8 Å². The second-order valence-electron chi connectivity index (χ2n) is 4.98. The van der Waals surface area contributed by atoms with Crippen molar-refractivity contribution in [1.82, 2.24) is 10.3 Å². The van der Waals surface area contributed by atoms with E-state index in [1.54, 1.807) is 12.3 Å². The Bertz CT molecular complexity index is 391. The molecule has 0 saturated heterocycles. The highest BCUT2D eigenvalue weighted by atomic mass is 19.1. The maximum absolute atomic E-state index is 14.3. The summed E-state index contributed by atoms with van der Waals surface area (Å²) in [6, 6.07) is 2.22. The molecular weight excluding hydrogens is 229 g/mol. The SMILES string of the molecule is CCCNCc1ccnc(N(C)C2CCC2)c1F. The van der Waals surface area contributed by atoms with Gasteiger partial charge in [-0.15, -0.1) is 0 Å². The lowest BCUT2D eigenvalue weighted by Crippen LogP contribution is -2.38. The standard InChI is InChI=1S/C14H22FN3/c1-3-8-16-10-11-7-9-17-14(13(11)15)18(2)12-5-4-6-12/h7,9,12,16H,3-6,8,10H2,1-2H3. The van der Waals surface area contributed by atoms with Crippen LogP contribution in [-0.4, -0.2) is 24.6 Å². The Morgan fingerprint density at radius 2 is 2.28 bits per heavy atom. The molecule has 0 spiro atoms.